The fourth-order valence-electron chi connectivity index (χ4n) is 3.35. The third-order valence-corrected chi connectivity index (χ3v) is 7.36. The first-order valence-corrected chi connectivity index (χ1v) is 12.6. The number of nitrogens with one attached hydrogen (secondary N) is 1. The second kappa shape index (κ2) is 12.1. The van der Waals surface area contributed by atoms with Crippen molar-refractivity contribution in [1.29, 1.82) is 0 Å². The largest absolute Gasteiger partial charge is 0.355 e. The van der Waals surface area contributed by atoms with Gasteiger partial charge in [-0.2, -0.15) is 12.7 Å². The van der Waals surface area contributed by atoms with Gasteiger partial charge in [-0.3, -0.25) is 9.59 Å². The predicted octanol–water partition coefficient (Wildman–Crippen LogP) is 3.04. The first-order valence-electron chi connectivity index (χ1n) is 10.8. The Morgan fingerprint density at radius 1 is 1.06 bits per heavy atom. The standard InChI is InChI=1S/C23H30ClFN4O4S/c1-5-21(23(31)26-6-2)28(15-17-9-7-8-10-20(17)24)22(30)16-29(34(32,33)27(3)4)19-13-11-18(25)12-14-19/h7-14,21H,5-6,15-16H2,1-4H3,(H,26,31). The number of anilines is 1. The van der Waals surface area contributed by atoms with Gasteiger partial charge < -0.3 is 10.2 Å². The van der Waals surface area contributed by atoms with Crippen molar-refractivity contribution in [2.75, 3.05) is 31.5 Å². The number of carbonyl (C=O) groups excluding carboxylic acids is 2. The number of amides is 2. The average Bonchev–Trinajstić information content (AvgIpc) is 2.79. The van der Waals surface area contributed by atoms with E-state index < -0.39 is 34.5 Å². The fourth-order valence-corrected chi connectivity index (χ4v) is 4.60. The number of rotatable bonds is 11. The van der Waals surface area contributed by atoms with Gasteiger partial charge in [-0.1, -0.05) is 36.7 Å². The van der Waals surface area contributed by atoms with E-state index in [0.717, 1.165) is 20.7 Å². The number of carbonyl (C=O) groups is 2. The Labute approximate surface area is 205 Å². The second-order valence-electron chi connectivity index (χ2n) is 7.70. The van der Waals surface area contributed by atoms with Crippen molar-refractivity contribution >= 4 is 39.3 Å². The van der Waals surface area contributed by atoms with Crippen LogP contribution < -0.4 is 9.62 Å². The lowest BCUT2D eigenvalue weighted by molar-refractivity contribution is -0.140. The number of benzene rings is 2. The zero-order chi connectivity index (χ0) is 25.5. The monoisotopic (exact) mass is 512 g/mol. The number of hydrogen-bond donors (Lipinski definition) is 1. The Balaban J connectivity index is 2.50. The van der Waals surface area contributed by atoms with Crippen LogP contribution in [0.5, 0.6) is 0 Å². The highest BCUT2D eigenvalue weighted by molar-refractivity contribution is 7.90. The number of hydrogen-bond acceptors (Lipinski definition) is 4. The second-order valence-corrected chi connectivity index (χ2v) is 10.2. The van der Waals surface area contributed by atoms with Crippen molar-refractivity contribution in [3.8, 4) is 0 Å². The van der Waals surface area contributed by atoms with Crippen LogP contribution in [0.3, 0.4) is 0 Å². The molecule has 0 aliphatic rings. The van der Waals surface area contributed by atoms with E-state index in [0.29, 0.717) is 23.6 Å². The molecule has 2 aromatic rings. The van der Waals surface area contributed by atoms with Crippen molar-refractivity contribution in [1.82, 2.24) is 14.5 Å². The molecule has 1 atom stereocenters. The molecule has 0 saturated heterocycles. The lowest BCUT2D eigenvalue weighted by Gasteiger charge is -2.34. The summed E-state index contributed by atoms with van der Waals surface area (Å²) >= 11 is 6.31. The van der Waals surface area contributed by atoms with Crippen LogP contribution in [-0.2, 0) is 26.3 Å². The van der Waals surface area contributed by atoms with E-state index in [4.69, 9.17) is 11.6 Å². The molecule has 8 nitrogen and oxygen atoms in total. The molecule has 0 radical (unpaired) electrons. The van der Waals surface area contributed by atoms with Gasteiger partial charge in [0, 0.05) is 32.2 Å². The first-order chi connectivity index (χ1) is 16.0. The van der Waals surface area contributed by atoms with E-state index in [1.54, 1.807) is 38.1 Å². The van der Waals surface area contributed by atoms with Crippen molar-refractivity contribution in [2.45, 2.75) is 32.9 Å². The number of likely N-dealkylation sites (N-methyl/N-ethyl adjacent to an activating group) is 1. The summed E-state index contributed by atoms with van der Waals surface area (Å²) in [5.74, 6) is -1.50. The maximum atomic E-state index is 13.6. The Morgan fingerprint density at radius 3 is 2.21 bits per heavy atom. The lowest BCUT2D eigenvalue weighted by atomic mass is 10.1. The summed E-state index contributed by atoms with van der Waals surface area (Å²) < 4.78 is 41.4. The zero-order valence-corrected chi connectivity index (χ0v) is 21.2. The Morgan fingerprint density at radius 2 is 1.68 bits per heavy atom. The summed E-state index contributed by atoms with van der Waals surface area (Å²) in [6.07, 6.45) is 0.305. The third kappa shape index (κ3) is 6.68. The van der Waals surface area contributed by atoms with Crippen LogP contribution in [0.1, 0.15) is 25.8 Å². The van der Waals surface area contributed by atoms with Crippen LogP contribution in [0.15, 0.2) is 48.5 Å². The molecule has 0 aliphatic heterocycles. The number of halogens is 2. The minimum Gasteiger partial charge on any atom is -0.355 e. The summed E-state index contributed by atoms with van der Waals surface area (Å²) in [6.45, 7) is 3.33. The summed E-state index contributed by atoms with van der Waals surface area (Å²) in [5, 5.41) is 3.14. The van der Waals surface area contributed by atoms with E-state index >= 15 is 0 Å². The normalized spacial score (nSPS) is 12.3. The predicted molar refractivity (Wildman–Crippen MR) is 131 cm³/mol. The molecule has 2 aromatic carbocycles. The van der Waals surface area contributed by atoms with E-state index in [1.165, 1.54) is 31.1 Å². The van der Waals surface area contributed by atoms with Crippen molar-refractivity contribution in [3.05, 3.63) is 64.9 Å². The Bertz CT molecular complexity index is 1100. The SMILES string of the molecule is CCNC(=O)C(CC)N(Cc1ccccc1Cl)C(=O)CN(c1ccc(F)cc1)S(=O)(=O)N(C)C. The van der Waals surface area contributed by atoms with E-state index in [2.05, 4.69) is 5.32 Å². The van der Waals surface area contributed by atoms with E-state index in [-0.39, 0.29) is 18.1 Å². The first kappa shape index (κ1) is 27.6. The van der Waals surface area contributed by atoms with Gasteiger partial charge in [-0.05, 0) is 49.2 Å². The van der Waals surface area contributed by atoms with Crippen LogP contribution in [0.2, 0.25) is 5.02 Å². The minimum atomic E-state index is -4.11. The van der Waals surface area contributed by atoms with Crippen molar-refractivity contribution in [2.24, 2.45) is 0 Å². The summed E-state index contributed by atoms with van der Waals surface area (Å²) in [5.41, 5.74) is 0.733. The summed E-state index contributed by atoms with van der Waals surface area (Å²) in [6, 6.07) is 10.9. The van der Waals surface area contributed by atoms with Gasteiger partial charge >= 0.3 is 10.2 Å². The van der Waals surface area contributed by atoms with Gasteiger partial charge in [0.05, 0.1) is 5.69 Å². The molecule has 0 heterocycles. The quantitative estimate of drug-likeness (QED) is 0.501. The molecule has 1 N–H and O–H groups in total. The number of nitrogens with zero attached hydrogens (tertiary/aromatic N) is 3. The third-order valence-electron chi connectivity index (χ3n) is 5.17. The molecule has 1 unspecified atom stereocenters. The van der Waals surface area contributed by atoms with E-state index in [9.17, 15) is 22.4 Å². The molecule has 0 aliphatic carbocycles. The molecule has 2 amide bonds. The van der Waals surface area contributed by atoms with Crippen molar-refractivity contribution < 1.29 is 22.4 Å². The summed E-state index contributed by atoms with van der Waals surface area (Å²) in [7, 11) is -1.44. The van der Waals surface area contributed by atoms with Crippen LogP contribution >= 0.6 is 11.6 Å². The molecule has 34 heavy (non-hydrogen) atoms. The molecule has 2 rings (SSSR count). The maximum Gasteiger partial charge on any atom is 0.304 e. The topological polar surface area (TPSA) is 90.0 Å². The maximum absolute atomic E-state index is 13.6. The highest BCUT2D eigenvalue weighted by Gasteiger charge is 2.33. The molecule has 0 spiro atoms. The van der Waals surface area contributed by atoms with Crippen molar-refractivity contribution in [3.63, 3.8) is 0 Å². The summed E-state index contributed by atoms with van der Waals surface area (Å²) in [4.78, 5) is 27.7. The van der Waals surface area contributed by atoms with Gasteiger partial charge in [0.15, 0.2) is 0 Å². The minimum absolute atomic E-state index is 0.00736. The van der Waals surface area contributed by atoms with Crippen LogP contribution in [0.25, 0.3) is 0 Å². The molecule has 11 heteroatoms. The highest BCUT2D eigenvalue weighted by atomic mass is 35.5. The Kier molecular flexibility index (Phi) is 9.84. The smallest absolute Gasteiger partial charge is 0.304 e. The molecule has 0 aromatic heterocycles. The molecule has 0 fully saturated rings. The van der Waals surface area contributed by atoms with E-state index in [1.807, 2.05) is 0 Å². The van der Waals surface area contributed by atoms with Gasteiger partial charge in [0.25, 0.3) is 0 Å². The zero-order valence-electron chi connectivity index (χ0n) is 19.7. The molecule has 0 saturated carbocycles. The molecule has 0 bridgehead atoms. The van der Waals surface area contributed by atoms with Gasteiger partial charge in [0.2, 0.25) is 11.8 Å². The fraction of sp³-hybridized carbons (Fsp3) is 0.391. The van der Waals surface area contributed by atoms with Gasteiger partial charge in [-0.25, -0.2) is 8.70 Å². The van der Waals surface area contributed by atoms with Crippen LogP contribution in [-0.4, -0.2) is 62.7 Å². The van der Waals surface area contributed by atoms with Crippen LogP contribution in [0.4, 0.5) is 10.1 Å². The highest BCUT2D eigenvalue weighted by Crippen LogP contribution is 2.23. The Hall–Kier alpha value is -2.69. The molecular formula is C23H30ClFN4O4S. The van der Waals surface area contributed by atoms with Gasteiger partial charge in [0.1, 0.15) is 18.4 Å². The van der Waals surface area contributed by atoms with Gasteiger partial charge in [-0.15, -0.1) is 0 Å². The molecule has 186 valence electrons. The molecular weight excluding hydrogens is 483 g/mol. The lowest BCUT2D eigenvalue weighted by Crippen LogP contribution is -2.53. The van der Waals surface area contributed by atoms with Crippen LogP contribution in [0, 0.1) is 5.82 Å². The average molecular weight is 513 g/mol.